The summed E-state index contributed by atoms with van der Waals surface area (Å²) in [6.45, 7) is 3.67. The van der Waals surface area contributed by atoms with Gasteiger partial charge in [-0.1, -0.05) is 36.4 Å². The van der Waals surface area contributed by atoms with Gasteiger partial charge in [0.1, 0.15) is 0 Å². The van der Waals surface area contributed by atoms with Gasteiger partial charge in [-0.3, -0.25) is 14.6 Å². The number of esters is 1. The van der Waals surface area contributed by atoms with E-state index in [1.165, 1.54) is 19.9 Å². The number of aromatic nitrogens is 1. The number of aliphatic imine (C=N–C) groups is 1. The number of halogens is 3. The van der Waals surface area contributed by atoms with Crippen molar-refractivity contribution >= 4 is 34.2 Å². The van der Waals surface area contributed by atoms with E-state index in [0.29, 0.717) is 16.9 Å². The molecule has 35 heavy (non-hydrogen) atoms. The number of hydrogen-bond donors (Lipinski definition) is 3. The number of aryl methyl sites for hydroxylation is 1. The normalized spacial score (nSPS) is 13.8. The van der Waals surface area contributed by atoms with Crippen LogP contribution in [0, 0.1) is 6.92 Å². The molecule has 0 spiro atoms. The molecule has 7 nitrogen and oxygen atoms in total. The number of nitrogens with zero attached hydrogens (tertiary/aromatic N) is 1. The molecule has 3 aromatic rings. The van der Waals surface area contributed by atoms with Crippen LogP contribution in [-0.2, 0) is 14.3 Å². The molecule has 1 unspecified atom stereocenters. The Morgan fingerprint density at radius 1 is 1.09 bits per heavy atom. The summed E-state index contributed by atoms with van der Waals surface area (Å²) in [6.07, 6.45) is -4.93. The number of carbonyl (C=O) groups excluding carboxylic acids is 2. The maximum absolute atomic E-state index is 13.9. The number of para-hydroxylation sites is 2. The number of hydrogen-bond acceptors (Lipinski definition) is 5. The van der Waals surface area contributed by atoms with Gasteiger partial charge in [0.25, 0.3) is 5.91 Å². The summed E-state index contributed by atoms with van der Waals surface area (Å²) < 4.78 is 46.6. The minimum Gasteiger partial charge on any atom is -0.455 e. The van der Waals surface area contributed by atoms with E-state index in [9.17, 15) is 22.8 Å². The molecule has 4 N–H and O–H groups in total. The van der Waals surface area contributed by atoms with Crippen LogP contribution >= 0.6 is 0 Å². The third kappa shape index (κ3) is 6.08. The minimum atomic E-state index is -4.93. The minimum absolute atomic E-state index is 0.176. The van der Waals surface area contributed by atoms with E-state index < -0.39 is 30.6 Å². The van der Waals surface area contributed by atoms with Gasteiger partial charge >= 0.3 is 12.1 Å². The number of nitrogens with one attached hydrogen (secondary N) is 2. The van der Waals surface area contributed by atoms with E-state index in [4.69, 9.17) is 10.5 Å². The number of rotatable bonds is 7. The molecule has 0 saturated heterocycles. The number of benzene rings is 2. The summed E-state index contributed by atoms with van der Waals surface area (Å²) in [5, 5.41) is 2.72. The Labute approximate surface area is 199 Å². The quantitative estimate of drug-likeness (QED) is 0.330. The molecule has 0 aliphatic carbocycles. The molecule has 2 aromatic carbocycles. The molecule has 184 valence electrons. The third-order valence-corrected chi connectivity index (χ3v) is 5.21. The Balaban J connectivity index is 1.76. The first-order valence-corrected chi connectivity index (χ1v) is 10.7. The number of alkyl halides is 3. The number of ether oxygens (including phenoxy) is 1. The van der Waals surface area contributed by atoms with Crippen molar-refractivity contribution < 1.29 is 27.5 Å². The van der Waals surface area contributed by atoms with Crippen molar-refractivity contribution in [2.45, 2.75) is 32.9 Å². The summed E-state index contributed by atoms with van der Waals surface area (Å²) in [6, 6.07) is 15.2. The van der Waals surface area contributed by atoms with Gasteiger partial charge in [-0.15, -0.1) is 0 Å². The lowest BCUT2D eigenvalue weighted by atomic mass is 9.95. The van der Waals surface area contributed by atoms with E-state index in [-0.39, 0.29) is 28.0 Å². The number of amides is 1. The third-order valence-electron chi connectivity index (χ3n) is 5.21. The predicted octanol–water partition coefficient (Wildman–Crippen LogP) is 4.76. The fourth-order valence-electron chi connectivity index (χ4n) is 3.71. The number of nitrogens with two attached hydrogens (primary N) is 1. The fraction of sp³-hybridized carbons (Fsp3) is 0.240. The number of fused-ring (bicyclic) bond motifs is 1. The van der Waals surface area contributed by atoms with E-state index in [2.05, 4.69) is 15.3 Å². The van der Waals surface area contributed by atoms with Crippen LogP contribution in [0.25, 0.3) is 10.9 Å². The van der Waals surface area contributed by atoms with Crippen LogP contribution in [0.1, 0.15) is 31.0 Å². The maximum atomic E-state index is 13.9. The molecule has 0 aliphatic rings. The monoisotopic (exact) mass is 486 g/mol. The Morgan fingerprint density at radius 2 is 1.71 bits per heavy atom. The van der Waals surface area contributed by atoms with E-state index in [0.717, 1.165) is 0 Å². The van der Waals surface area contributed by atoms with Gasteiger partial charge in [0.15, 0.2) is 12.5 Å². The Kier molecular flexibility index (Phi) is 7.63. The summed E-state index contributed by atoms with van der Waals surface area (Å²) in [5.74, 6) is -4.98. The zero-order valence-corrected chi connectivity index (χ0v) is 19.4. The lowest BCUT2D eigenvalue weighted by Gasteiger charge is -2.20. The number of carbonyl (C=O) groups is 2. The molecule has 1 heterocycles. The summed E-state index contributed by atoms with van der Waals surface area (Å²) in [7, 11) is 0. The van der Waals surface area contributed by atoms with Crippen molar-refractivity contribution in [3.8, 4) is 0 Å². The first kappa shape index (κ1) is 25.5. The van der Waals surface area contributed by atoms with Gasteiger partial charge in [0, 0.05) is 27.9 Å². The summed E-state index contributed by atoms with van der Waals surface area (Å²) in [5.41, 5.74) is 7.66. The van der Waals surface area contributed by atoms with Crippen LogP contribution in [0.2, 0.25) is 0 Å². The van der Waals surface area contributed by atoms with Crippen molar-refractivity contribution in [2.24, 2.45) is 10.7 Å². The molecule has 0 radical (unpaired) electrons. The lowest BCUT2D eigenvalue weighted by molar-refractivity contribution is -0.182. The molecule has 0 fully saturated rings. The molecule has 0 saturated carbocycles. The first-order chi connectivity index (χ1) is 16.5. The average Bonchev–Trinajstić information content (AvgIpc) is 3.11. The number of allylic oxidation sites excluding steroid dienone is 2. The van der Waals surface area contributed by atoms with E-state index >= 15 is 0 Å². The van der Waals surface area contributed by atoms with Gasteiger partial charge in [0.05, 0.1) is 17.1 Å². The number of aromatic amines is 1. The van der Waals surface area contributed by atoms with Crippen molar-refractivity contribution in [3.05, 3.63) is 77.2 Å². The molecule has 0 aliphatic heterocycles. The second kappa shape index (κ2) is 10.5. The molecule has 3 rings (SSSR count). The van der Waals surface area contributed by atoms with E-state index in [1.807, 2.05) is 6.07 Å². The van der Waals surface area contributed by atoms with Gasteiger partial charge < -0.3 is 20.8 Å². The standard InChI is InChI=1S/C25H25F3N4O3/c1-14(29)23(16(3)30-17-9-5-4-6-10-17)32-20(33)13-35-24(34)22(25(26,27)28)21-15(2)31-19-12-8-7-11-18(19)21/h4-12,22,31H,13,29H2,1-3H3,(H,32,33). The zero-order chi connectivity index (χ0) is 25.8. The van der Waals surface area contributed by atoms with Crippen LogP contribution < -0.4 is 11.1 Å². The van der Waals surface area contributed by atoms with Gasteiger partial charge in [-0.2, -0.15) is 13.2 Å². The molecule has 0 bridgehead atoms. The molecule has 1 amide bonds. The van der Waals surface area contributed by atoms with E-state index in [1.54, 1.807) is 49.4 Å². The fourth-order valence-corrected chi connectivity index (χ4v) is 3.71. The Morgan fingerprint density at radius 3 is 2.34 bits per heavy atom. The Hall–Kier alpha value is -4.08. The summed E-state index contributed by atoms with van der Waals surface area (Å²) >= 11 is 0. The largest absolute Gasteiger partial charge is 0.455 e. The molecule has 10 heteroatoms. The SMILES string of the molecule is CC(=Nc1ccccc1)C(NC(=O)COC(=O)C(c1c(C)[nH]c2ccccc12)C(F)(F)F)=C(C)N. The van der Waals surface area contributed by atoms with Crippen molar-refractivity contribution in [1.29, 1.82) is 0 Å². The lowest BCUT2D eigenvalue weighted by Crippen LogP contribution is -2.35. The highest BCUT2D eigenvalue weighted by molar-refractivity contribution is 6.03. The van der Waals surface area contributed by atoms with Crippen LogP contribution in [0.4, 0.5) is 18.9 Å². The molecule has 1 atom stereocenters. The Bertz CT molecular complexity index is 1290. The summed E-state index contributed by atoms with van der Waals surface area (Å²) in [4.78, 5) is 32.2. The smallest absolute Gasteiger partial charge is 0.406 e. The van der Waals surface area contributed by atoms with Gasteiger partial charge in [-0.25, -0.2) is 0 Å². The second-order valence-electron chi connectivity index (χ2n) is 7.93. The van der Waals surface area contributed by atoms with Crippen molar-refractivity contribution in [3.63, 3.8) is 0 Å². The van der Waals surface area contributed by atoms with Crippen molar-refractivity contribution in [1.82, 2.24) is 10.3 Å². The van der Waals surface area contributed by atoms with Gasteiger partial charge in [0.2, 0.25) is 0 Å². The molecule has 1 aromatic heterocycles. The highest BCUT2D eigenvalue weighted by Gasteiger charge is 2.49. The zero-order valence-electron chi connectivity index (χ0n) is 19.4. The van der Waals surface area contributed by atoms with Crippen LogP contribution in [0.5, 0.6) is 0 Å². The molecular weight excluding hydrogens is 461 g/mol. The second-order valence-corrected chi connectivity index (χ2v) is 7.93. The van der Waals surface area contributed by atoms with Gasteiger partial charge in [-0.05, 0) is 39.0 Å². The van der Waals surface area contributed by atoms with Crippen LogP contribution in [0.3, 0.4) is 0 Å². The predicted molar refractivity (Wildman–Crippen MR) is 127 cm³/mol. The maximum Gasteiger partial charge on any atom is 0.406 e. The average molecular weight is 486 g/mol. The molecular formula is C25H25F3N4O3. The highest BCUT2D eigenvalue weighted by atomic mass is 19.4. The van der Waals surface area contributed by atoms with Crippen molar-refractivity contribution in [2.75, 3.05) is 6.61 Å². The van der Waals surface area contributed by atoms with Crippen LogP contribution in [0.15, 0.2) is 71.0 Å². The topological polar surface area (TPSA) is 110 Å². The van der Waals surface area contributed by atoms with Crippen LogP contribution in [-0.4, -0.2) is 35.4 Å². The highest BCUT2D eigenvalue weighted by Crippen LogP contribution is 2.40. The first-order valence-electron chi connectivity index (χ1n) is 10.7. The number of H-pyrrole nitrogens is 1.